The fraction of sp³-hybridized carbons (Fsp3) is 0.667. The van der Waals surface area contributed by atoms with Crippen LogP contribution in [0.5, 0.6) is 0 Å². The maximum atomic E-state index is 6.37. The zero-order valence-electron chi connectivity index (χ0n) is 14.4. The maximum absolute atomic E-state index is 6.37. The minimum Gasteiger partial charge on any atom is -0.367 e. The third-order valence-electron chi connectivity index (χ3n) is 4.95. The second-order valence-corrected chi connectivity index (χ2v) is 7.32. The molecule has 118 valence electrons. The van der Waals surface area contributed by atoms with E-state index in [2.05, 4.69) is 70.7 Å². The molecule has 1 aromatic carbocycles. The van der Waals surface area contributed by atoms with E-state index in [0.29, 0.717) is 6.54 Å². The highest BCUT2D eigenvalue weighted by Gasteiger charge is 2.59. The summed E-state index contributed by atoms with van der Waals surface area (Å²) in [6, 6.07) is 8.54. The van der Waals surface area contributed by atoms with Crippen LogP contribution in [0.25, 0.3) is 0 Å². The molecule has 1 saturated heterocycles. The lowest BCUT2D eigenvalue weighted by atomic mass is 9.77. The molecule has 0 amide bonds. The molecule has 0 radical (unpaired) electrons. The van der Waals surface area contributed by atoms with Crippen molar-refractivity contribution in [3.8, 4) is 0 Å². The number of nitrogens with zero attached hydrogens (tertiary/aromatic N) is 1. The highest BCUT2D eigenvalue weighted by atomic mass is 16.5. The van der Waals surface area contributed by atoms with E-state index >= 15 is 0 Å². The SMILES string of the molecule is CCN(c1ccccc1C)C1(CN)CC(C)(C)OC1(C)C. The third-order valence-corrected chi connectivity index (χ3v) is 4.95. The first-order chi connectivity index (χ1) is 9.69. The predicted molar refractivity (Wildman–Crippen MR) is 89.8 cm³/mol. The van der Waals surface area contributed by atoms with Crippen LogP contribution < -0.4 is 10.6 Å². The zero-order chi connectivity index (χ0) is 15.9. The first-order valence-corrected chi connectivity index (χ1v) is 7.93. The number of likely N-dealkylation sites (N-methyl/N-ethyl adjacent to an activating group) is 1. The molecule has 1 fully saturated rings. The largest absolute Gasteiger partial charge is 0.367 e. The van der Waals surface area contributed by atoms with Crippen molar-refractivity contribution in [1.82, 2.24) is 0 Å². The lowest BCUT2D eigenvalue weighted by Crippen LogP contribution is -2.64. The molecule has 1 aliphatic heterocycles. The highest BCUT2D eigenvalue weighted by molar-refractivity contribution is 5.56. The lowest BCUT2D eigenvalue weighted by Gasteiger charge is -2.49. The summed E-state index contributed by atoms with van der Waals surface area (Å²) in [5.74, 6) is 0. The topological polar surface area (TPSA) is 38.5 Å². The molecule has 3 nitrogen and oxygen atoms in total. The Morgan fingerprint density at radius 1 is 1.19 bits per heavy atom. The van der Waals surface area contributed by atoms with Crippen LogP contribution in [0.2, 0.25) is 0 Å². The van der Waals surface area contributed by atoms with Crippen molar-refractivity contribution in [2.75, 3.05) is 18.0 Å². The molecule has 0 spiro atoms. The molecule has 21 heavy (non-hydrogen) atoms. The quantitative estimate of drug-likeness (QED) is 0.922. The molecular weight excluding hydrogens is 260 g/mol. The number of aryl methyl sites for hydroxylation is 1. The van der Waals surface area contributed by atoms with Crippen LogP contribution in [0.1, 0.15) is 46.6 Å². The first-order valence-electron chi connectivity index (χ1n) is 7.93. The molecule has 3 heteroatoms. The van der Waals surface area contributed by atoms with Gasteiger partial charge in [0.15, 0.2) is 0 Å². The van der Waals surface area contributed by atoms with Crippen molar-refractivity contribution in [3.05, 3.63) is 29.8 Å². The monoisotopic (exact) mass is 290 g/mol. The Morgan fingerprint density at radius 2 is 1.81 bits per heavy atom. The molecule has 2 N–H and O–H groups in total. The fourth-order valence-electron chi connectivity index (χ4n) is 4.16. The number of ether oxygens (including phenoxy) is 1. The molecule has 1 heterocycles. The number of hydrogen-bond acceptors (Lipinski definition) is 3. The van der Waals surface area contributed by atoms with E-state index in [9.17, 15) is 0 Å². The molecule has 0 bridgehead atoms. The number of nitrogens with two attached hydrogens (primary N) is 1. The van der Waals surface area contributed by atoms with E-state index in [0.717, 1.165) is 13.0 Å². The van der Waals surface area contributed by atoms with Crippen LogP contribution in [0.15, 0.2) is 24.3 Å². The molecule has 1 aromatic rings. The molecule has 2 rings (SSSR count). The first kappa shape index (κ1) is 16.3. The number of anilines is 1. The van der Waals surface area contributed by atoms with Gasteiger partial charge in [0.2, 0.25) is 0 Å². The predicted octanol–water partition coefficient (Wildman–Crippen LogP) is 3.50. The van der Waals surface area contributed by atoms with Gasteiger partial charge >= 0.3 is 0 Å². The van der Waals surface area contributed by atoms with E-state index < -0.39 is 0 Å². The third kappa shape index (κ3) is 2.58. The Labute approximate surface area is 129 Å². The average molecular weight is 290 g/mol. The van der Waals surface area contributed by atoms with Crippen LogP contribution in [0, 0.1) is 6.92 Å². The van der Waals surface area contributed by atoms with Crippen LogP contribution in [0.4, 0.5) is 5.69 Å². The standard InChI is InChI=1S/C18H30N2O/c1-7-20(15-11-9-8-10-14(15)2)18(13-19)12-16(3,4)21-17(18,5)6/h8-11H,7,12-13,19H2,1-6H3. The van der Waals surface area contributed by atoms with E-state index in [-0.39, 0.29) is 16.7 Å². The van der Waals surface area contributed by atoms with Crippen molar-refractivity contribution in [1.29, 1.82) is 0 Å². The van der Waals surface area contributed by atoms with Crippen molar-refractivity contribution >= 4 is 5.69 Å². The number of para-hydroxylation sites is 1. The Balaban J connectivity index is 2.55. The molecule has 1 atom stereocenters. The van der Waals surface area contributed by atoms with Gasteiger partial charge in [0.1, 0.15) is 0 Å². The van der Waals surface area contributed by atoms with Crippen molar-refractivity contribution in [3.63, 3.8) is 0 Å². The van der Waals surface area contributed by atoms with Gasteiger partial charge in [0.05, 0.1) is 16.7 Å². The van der Waals surface area contributed by atoms with Crippen LogP contribution in [-0.4, -0.2) is 29.8 Å². The summed E-state index contributed by atoms with van der Waals surface area (Å²) in [6.45, 7) is 14.6. The average Bonchev–Trinajstić information content (AvgIpc) is 2.57. The van der Waals surface area contributed by atoms with Crippen molar-refractivity contribution in [2.24, 2.45) is 5.73 Å². The van der Waals surface area contributed by atoms with Gasteiger partial charge in [0.25, 0.3) is 0 Å². The summed E-state index contributed by atoms with van der Waals surface area (Å²) in [6.07, 6.45) is 0.936. The van der Waals surface area contributed by atoms with Crippen molar-refractivity contribution in [2.45, 2.75) is 64.7 Å². The highest BCUT2D eigenvalue weighted by Crippen LogP contribution is 2.49. The molecule has 0 aromatic heterocycles. The van der Waals surface area contributed by atoms with E-state index in [1.54, 1.807) is 0 Å². The van der Waals surface area contributed by atoms with Gasteiger partial charge in [-0.15, -0.1) is 0 Å². The van der Waals surface area contributed by atoms with E-state index in [4.69, 9.17) is 10.5 Å². The summed E-state index contributed by atoms with van der Waals surface area (Å²) in [5.41, 5.74) is 8.23. The van der Waals surface area contributed by atoms with Gasteiger partial charge in [-0.1, -0.05) is 18.2 Å². The molecule has 1 unspecified atom stereocenters. The molecule has 0 aliphatic carbocycles. The number of hydrogen-bond donors (Lipinski definition) is 1. The minimum absolute atomic E-state index is 0.154. The summed E-state index contributed by atoms with van der Waals surface area (Å²) in [7, 11) is 0. The minimum atomic E-state index is -0.288. The lowest BCUT2D eigenvalue weighted by molar-refractivity contribution is -0.0783. The van der Waals surface area contributed by atoms with Crippen LogP contribution in [0.3, 0.4) is 0 Å². The van der Waals surface area contributed by atoms with Crippen LogP contribution >= 0.6 is 0 Å². The number of rotatable bonds is 4. The van der Waals surface area contributed by atoms with Gasteiger partial charge in [-0.25, -0.2) is 0 Å². The van der Waals surface area contributed by atoms with Gasteiger partial charge < -0.3 is 15.4 Å². The van der Waals surface area contributed by atoms with Gasteiger partial charge in [-0.3, -0.25) is 0 Å². The van der Waals surface area contributed by atoms with Crippen molar-refractivity contribution < 1.29 is 4.74 Å². The zero-order valence-corrected chi connectivity index (χ0v) is 14.4. The Kier molecular flexibility index (Phi) is 4.11. The Bertz CT molecular complexity index is 510. The summed E-state index contributed by atoms with van der Waals surface area (Å²) >= 11 is 0. The van der Waals surface area contributed by atoms with E-state index in [1.807, 2.05) is 0 Å². The summed E-state index contributed by atoms with van der Waals surface area (Å²) < 4.78 is 6.37. The Hall–Kier alpha value is -1.06. The normalized spacial score (nSPS) is 26.8. The summed E-state index contributed by atoms with van der Waals surface area (Å²) in [4.78, 5) is 2.46. The van der Waals surface area contributed by atoms with Gasteiger partial charge in [0, 0.05) is 25.2 Å². The molecular formula is C18H30N2O. The second kappa shape index (κ2) is 5.29. The summed E-state index contributed by atoms with van der Waals surface area (Å²) in [5, 5.41) is 0. The Morgan fingerprint density at radius 3 is 2.24 bits per heavy atom. The fourth-order valence-corrected chi connectivity index (χ4v) is 4.16. The smallest absolute Gasteiger partial charge is 0.0877 e. The second-order valence-electron chi connectivity index (χ2n) is 7.32. The van der Waals surface area contributed by atoms with Crippen LogP contribution in [-0.2, 0) is 4.74 Å². The molecule has 0 saturated carbocycles. The van der Waals surface area contributed by atoms with E-state index in [1.165, 1.54) is 11.3 Å². The maximum Gasteiger partial charge on any atom is 0.0877 e. The van der Waals surface area contributed by atoms with Gasteiger partial charge in [-0.05, 0) is 53.2 Å². The number of benzene rings is 1. The van der Waals surface area contributed by atoms with Gasteiger partial charge in [-0.2, -0.15) is 0 Å². The molecule has 1 aliphatic rings.